The van der Waals surface area contributed by atoms with Gasteiger partial charge >= 0.3 is 6.03 Å². The fourth-order valence-corrected chi connectivity index (χ4v) is 5.43. The number of hydrogen-bond donors (Lipinski definition) is 4. The van der Waals surface area contributed by atoms with E-state index in [2.05, 4.69) is 37.8 Å². The maximum atomic E-state index is 13.6. The third-order valence-electron chi connectivity index (χ3n) is 7.62. The molecule has 2 aliphatic heterocycles. The molecule has 4 N–H and O–H groups in total. The molecule has 3 heterocycles. The van der Waals surface area contributed by atoms with Gasteiger partial charge in [-0.2, -0.15) is 5.10 Å². The summed E-state index contributed by atoms with van der Waals surface area (Å²) in [6.45, 7) is 6.12. The van der Waals surface area contributed by atoms with Gasteiger partial charge in [0.15, 0.2) is 5.78 Å². The fourth-order valence-electron chi connectivity index (χ4n) is 5.43. The number of ether oxygens (including phenoxy) is 1. The molecule has 1 aliphatic carbocycles. The number of nitrogens with zero attached hydrogens (tertiary/aromatic N) is 4. The predicted molar refractivity (Wildman–Crippen MR) is 147 cm³/mol. The zero-order valence-corrected chi connectivity index (χ0v) is 21.9. The summed E-state index contributed by atoms with van der Waals surface area (Å²) >= 11 is 0. The Kier molecular flexibility index (Phi) is 7.05. The average Bonchev–Trinajstić information content (AvgIpc) is 3.63. The molecule has 11 nitrogen and oxygen atoms in total. The van der Waals surface area contributed by atoms with Gasteiger partial charge in [0.1, 0.15) is 18.1 Å². The SMILES string of the molecule is CN1CCN(NC(=O)Nc2cccc3c2C(=O)c2c(-c4ccc(OCCN5CCC(O)C5)cc4)n[nH]c2-3)CC1. The zero-order chi connectivity index (χ0) is 26.9. The summed E-state index contributed by atoms with van der Waals surface area (Å²) in [5, 5.41) is 21.9. The highest BCUT2D eigenvalue weighted by atomic mass is 16.5. The maximum absolute atomic E-state index is 13.6. The molecule has 1 aromatic heterocycles. The molecule has 2 amide bonds. The number of urea groups is 1. The van der Waals surface area contributed by atoms with Crippen molar-refractivity contribution in [3.05, 3.63) is 53.6 Å². The first-order valence-corrected chi connectivity index (χ1v) is 13.4. The van der Waals surface area contributed by atoms with Gasteiger partial charge in [0, 0.05) is 56.9 Å². The Morgan fingerprint density at radius 3 is 2.64 bits per heavy atom. The minimum Gasteiger partial charge on any atom is -0.492 e. The number of carbonyl (C=O) groups is 2. The fraction of sp³-hybridized carbons (Fsp3) is 0.393. The number of piperazine rings is 1. The first kappa shape index (κ1) is 25.5. The number of aliphatic hydroxyl groups excluding tert-OH is 1. The van der Waals surface area contributed by atoms with Crippen LogP contribution in [-0.2, 0) is 0 Å². The molecule has 2 aromatic carbocycles. The molecule has 11 heteroatoms. The Balaban J connectivity index is 1.13. The number of H-pyrrole nitrogens is 1. The summed E-state index contributed by atoms with van der Waals surface area (Å²) in [6, 6.07) is 12.6. The Labute approximate surface area is 226 Å². The molecule has 2 fully saturated rings. The van der Waals surface area contributed by atoms with Gasteiger partial charge in [0.25, 0.3) is 0 Å². The third-order valence-corrected chi connectivity index (χ3v) is 7.62. The number of hydrogen-bond acceptors (Lipinski definition) is 8. The van der Waals surface area contributed by atoms with E-state index in [1.807, 2.05) is 41.4 Å². The number of hydrazine groups is 1. The van der Waals surface area contributed by atoms with E-state index in [0.29, 0.717) is 41.4 Å². The number of aliphatic hydroxyl groups is 1. The quantitative estimate of drug-likeness (QED) is 0.285. The number of anilines is 1. The topological polar surface area (TPSA) is 126 Å². The number of ketones is 1. The monoisotopic (exact) mass is 531 g/mol. The highest BCUT2D eigenvalue weighted by molar-refractivity contribution is 6.26. The van der Waals surface area contributed by atoms with Crippen LogP contribution < -0.4 is 15.5 Å². The third kappa shape index (κ3) is 5.26. The molecule has 1 atom stereocenters. The van der Waals surface area contributed by atoms with Crippen LogP contribution in [0.3, 0.4) is 0 Å². The Hall–Kier alpha value is -3.77. The standard InChI is InChI=1S/C28H33N7O4/c1-33-11-13-35(14-12-33)32-28(38)29-22-4-2-3-21-23(22)27(37)24-25(30-31-26(21)24)18-5-7-20(8-6-18)39-16-15-34-10-9-19(36)17-34/h2-8,19,36H,9-17H2,1H3,(H,30,31)(H2,29,32,38). The van der Waals surface area contributed by atoms with Gasteiger partial charge in [-0.05, 0) is 43.8 Å². The number of likely N-dealkylation sites (N-methyl/N-ethyl adjacent to an activating group) is 1. The van der Waals surface area contributed by atoms with Crippen molar-refractivity contribution in [1.29, 1.82) is 0 Å². The van der Waals surface area contributed by atoms with E-state index in [4.69, 9.17) is 4.74 Å². The van der Waals surface area contributed by atoms with Gasteiger partial charge in [-0.15, -0.1) is 0 Å². The second-order valence-corrected chi connectivity index (χ2v) is 10.4. The van der Waals surface area contributed by atoms with Crippen molar-refractivity contribution in [2.75, 3.05) is 64.8 Å². The summed E-state index contributed by atoms with van der Waals surface area (Å²) in [5.41, 5.74) is 7.05. The maximum Gasteiger partial charge on any atom is 0.333 e. The van der Waals surface area contributed by atoms with Crippen molar-refractivity contribution in [1.82, 2.24) is 30.4 Å². The summed E-state index contributed by atoms with van der Waals surface area (Å²) in [7, 11) is 2.06. The van der Waals surface area contributed by atoms with Crippen LogP contribution >= 0.6 is 0 Å². The van der Waals surface area contributed by atoms with Crippen LogP contribution in [-0.4, -0.2) is 107 Å². The molecule has 0 radical (unpaired) electrons. The highest BCUT2D eigenvalue weighted by Gasteiger charge is 2.35. The van der Waals surface area contributed by atoms with Gasteiger partial charge in [0.05, 0.1) is 28.6 Å². The number of β-amino-alcohol motifs (C(OH)–C–C–N with tert-alkyl or cyclic N) is 1. The number of fused-ring (bicyclic) bond motifs is 3. The Morgan fingerprint density at radius 2 is 1.90 bits per heavy atom. The number of nitrogens with one attached hydrogen (secondary N) is 3. The van der Waals surface area contributed by atoms with Crippen molar-refractivity contribution in [3.8, 4) is 28.3 Å². The number of amides is 2. The number of aromatic amines is 1. The molecule has 6 rings (SSSR count). The van der Waals surface area contributed by atoms with Gasteiger partial charge in [-0.25, -0.2) is 9.80 Å². The molecule has 3 aromatic rings. The molecule has 0 spiro atoms. The predicted octanol–water partition coefficient (Wildman–Crippen LogP) is 2.02. The smallest absolute Gasteiger partial charge is 0.333 e. The van der Waals surface area contributed by atoms with Crippen molar-refractivity contribution in [2.24, 2.45) is 0 Å². The van der Waals surface area contributed by atoms with Crippen LogP contribution in [0.2, 0.25) is 0 Å². The second kappa shape index (κ2) is 10.8. The van der Waals surface area contributed by atoms with E-state index in [1.54, 1.807) is 6.07 Å². The van der Waals surface area contributed by atoms with Crippen LogP contribution in [0.5, 0.6) is 5.75 Å². The number of carbonyl (C=O) groups excluding carboxylic acids is 2. The lowest BCUT2D eigenvalue weighted by atomic mass is 10.0. The first-order chi connectivity index (χ1) is 19.0. The van der Waals surface area contributed by atoms with Crippen LogP contribution in [0.25, 0.3) is 22.5 Å². The molecular weight excluding hydrogens is 498 g/mol. The summed E-state index contributed by atoms with van der Waals surface area (Å²) in [6.07, 6.45) is 0.576. The molecular formula is C28H33N7O4. The summed E-state index contributed by atoms with van der Waals surface area (Å²) in [4.78, 5) is 30.8. The van der Waals surface area contributed by atoms with Gasteiger partial charge in [-0.1, -0.05) is 12.1 Å². The average molecular weight is 532 g/mol. The van der Waals surface area contributed by atoms with Crippen LogP contribution in [0.15, 0.2) is 42.5 Å². The molecule has 3 aliphatic rings. The Bertz CT molecular complexity index is 1360. The van der Waals surface area contributed by atoms with Crippen molar-refractivity contribution in [3.63, 3.8) is 0 Å². The van der Waals surface area contributed by atoms with Crippen molar-refractivity contribution >= 4 is 17.5 Å². The lowest BCUT2D eigenvalue weighted by molar-refractivity contribution is 0.104. The van der Waals surface area contributed by atoms with E-state index in [-0.39, 0.29) is 17.9 Å². The zero-order valence-electron chi connectivity index (χ0n) is 21.9. The molecule has 39 heavy (non-hydrogen) atoms. The minimum atomic E-state index is -0.369. The normalized spacial score (nSPS) is 19.6. The number of likely N-dealkylation sites (tertiary alicyclic amines) is 1. The number of aromatic nitrogens is 2. The van der Waals surface area contributed by atoms with E-state index in [9.17, 15) is 14.7 Å². The molecule has 204 valence electrons. The molecule has 2 saturated heterocycles. The van der Waals surface area contributed by atoms with Gasteiger partial charge in [0.2, 0.25) is 0 Å². The lowest BCUT2D eigenvalue weighted by Crippen LogP contribution is -2.53. The van der Waals surface area contributed by atoms with Crippen LogP contribution in [0.1, 0.15) is 22.3 Å². The molecule has 0 saturated carbocycles. The van der Waals surface area contributed by atoms with E-state index >= 15 is 0 Å². The molecule has 0 bridgehead atoms. The van der Waals surface area contributed by atoms with Crippen molar-refractivity contribution in [2.45, 2.75) is 12.5 Å². The van der Waals surface area contributed by atoms with E-state index < -0.39 is 0 Å². The number of rotatable bonds is 7. The number of benzene rings is 2. The van der Waals surface area contributed by atoms with E-state index in [0.717, 1.165) is 62.6 Å². The molecule has 1 unspecified atom stereocenters. The first-order valence-electron chi connectivity index (χ1n) is 13.4. The second-order valence-electron chi connectivity index (χ2n) is 10.4. The van der Waals surface area contributed by atoms with E-state index in [1.165, 1.54) is 0 Å². The minimum absolute atomic E-state index is 0.174. The van der Waals surface area contributed by atoms with Gasteiger partial charge < -0.3 is 20.1 Å². The van der Waals surface area contributed by atoms with Crippen molar-refractivity contribution < 1.29 is 19.4 Å². The highest BCUT2D eigenvalue weighted by Crippen LogP contribution is 2.43. The largest absolute Gasteiger partial charge is 0.492 e. The lowest BCUT2D eigenvalue weighted by Gasteiger charge is -2.32. The van der Waals surface area contributed by atoms with Crippen LogP contribution in [0, 0.1) is 0 Å². The van der Waals surface area contributed by atoms with Crippen LogP contribution in [0.4, 0.5) is 10.5 Å². The summed E-state index contributed by atoms with van der Waals surface area (Å²) in [5.74, 6) is 0.561. The Morgan fingerprint density at radius 1 is 1.10 bits per heavy atom. The summed E-state index contributed by atoms with van der Waals surface area (Å²) < 4.78 is 5.88. The van der Waals surface area contributed by atoms with Gasteiger partial charge in [-0.3, -0.25) is 20.2 Å².